The zero-order valence-electron chi connectivity index (χ0n) is 12.3. The number of aliphatic hydroxyl groups excluding tert-OH is 1. The SMILES string of the molecule is C#CCOC1=CC(C2CC(F)C(CO)O2)C(=O)N(CC#C)C1=O. The summed E-state index contributed by atoms with van der Waals surface area (Å²) in [6.45, 7) is -0.880. The molecule has 2 rings (SSSR count). The van der Waals surface area contributed by atoms with Gasteiger partial charge in [0, 0.05) is 6.42 Å². The zero-order valence-corrected chi connectivity index (χ0v) is 12.3. The lowest BCUT2D eigenvalue weighted by Crippen LogP contribution is -2.48. The predicted octanol–water partition coefficient (Wildman–Crippen LogP) is -0.374. The fourth-order valence-electron chi connectivity index (χ4n) is 2.58. The maximum absolute atomic E-state index is 13.8. The molecule has 4 atom stereocenters. The fraction of sp³-hybridized carbons (Fsp3) is 0.500. The van der Waals surface area contributed by atoms with E-state index in [1.807, 2.05) is 0 Å². The number of carbonyl (C=O) groups excluding carboxylic acids is 2. The smallest absolute Gasteiger partial charge is 0.296 e. The number of terminal acetylenes is 2. The van der Waals surface area contributed by atoms with Crippen LogP contribution in [0.3, 0.4) is 0 Å². The Kier molecular flexibility index (Phi) is 5.38. The molecule has 0 aromatic heterocycles. The minimum Gasteiger partial charge on any atom is -0.475 e. The predicted molar refractivity (Wildman–Crippen MR) is 77.2 cm³/mol. The molecule has 6 nitrogen and oxygen atoms in total. The molecule has 1 fully saturated rings. The van der Waals surface area contributed by atoms with Gasteiger partial charge in [0.25, 0.3) is 5.91 Å². The molecule has 0 saturated carbocycles. The summed E-state index contributed by atoms with van der Waals surface area (Å²) in [6.07, 6.45) is 8.30. The Morgan fingerprint density at radius 2 is 2.17 bits per heavy atom. The van der Waals surface area contributed by atoms with Gasteiger partial charge in [-0.15, -0.1) is 12.8 Å². The highest BCUT2D eigenvalue weighted by Crippen LogP contribution is 2.32. The summed E-state index contributed by atoms with van der Waals surface area (Å²) in [7, 11) is 0. The van der Waals surface area contributed by atoms with Crippen LogP contribution >= 0.6 is 0 Å². The summed E-state index contributed by atoms with van der Waals surface area (Å²) in [5.74, 6) is 2.12. The average Bonchev–Trinajstić information content (AvgIpc) is 2.91. The molecule has 0 aromatic rings. The molecule has 0 radical (unpaired) electrons. The molecule has 0 aromatic carbocycles. The minimum atomic E-state index is -1.39. The van der Waals surface area contributed by atoms with Crippen molar-refractivity contribution in [2.24, 2.45) is 5.92 Å². The molecule has 2 aliphatic rings. The molecule has 7 heteroatoms. The standard InChI is InChI=1S/C16H16FNO5/c1-3-5-18-15(20)10(7-13(16(18)21)22-6-4-2)12-8-11(17)14(9-19)23-12/h1-2,7,10-12,14,19H,5-6,8-9H2. The lowest BCUT2D eigenvalue weighted by molar-refractivity contribution is -0.150. The van der Waals surface area contributed by atoms with Crippen LogP contribution in [0.5, 0.6) is 0 Å². The number of alkyl halides is 1. The summed E-state index contributed by atoms with van der Waals surface area (Å²) >= 11 is 0. The van der Waals surface area contributed by atoms with E-state index >= 15 is 0 Å². The van der Waals surface area contributed by atoms with Crippen molar-refractivity contribution >= 4 is 11.8 Å². The number of hydrogen-bond donors (Lipinski definition) is 1. The molecule has 2 heterocycles. The molecule has 1 N–H and O–H groups in total. The topological polar surface area (TPSA) is 76.1 Å². The maximum Gasteiger partial charge on any atom is 0.296 e. The highest BCUT2D eigenvalue weighted by Gasteiger charge is 2.46. The highest BCUT2D eigenvalue weighted by molar-refractivity contribution is 6.07. The van der Waals surface area contributed by atoms with Crippen molar-refractivity contribution in [2.75, 3.05) is 19.8 Å². The van der Waals surface area contributed by atoms with E-state index in [1.165, 1.54) is 6.08 Å². The summed E-state index contributed by atoms with van der Waals surface area (Å²) in [6, 6.07) is 0. The number of halogens is 1. The number of rotatable bonds is 5. The van der Waals surface area contributed by atoms with Crippen LogP contribution < -0.4 is 0 Å². The number of imide groups is 1. The largest absolute Gasteiger partial charge is 0.475 e. The Labute approximate surface area is 133 Å². The van der Waals surface area contributed by atoms with Crippen LogP contribution in [0, 0.1) is 30.6 Å². The number of carbonyl (C=O) groups is 2. The number of ether oxygens (including phenoxy) is 2. The summed E-state index contributed by atoms with van der Waals surface area (Å²) < 4.78 is 24.3. The first-order valence-electron chi connectivity index (χ1n) is 7.01. The second-order valence-corrected chi connectivity index (χ2v) is 5.13. The van der Waals surface area contributed by atoms with Crippen molar-refractivity contribution in [1.29, 1.82) is 0 Å². The molecular weight excluding hydrogens is 305 g/mol. The molecule has 2 amide bonds. The van der Waals surface area contributed by atoms with Crippen molar-refractivity contribution in [1.82, 2.24) is 4.90 Å². The van der Waals surface area contributed by atoms with Gasteiger partial charge in [-0.1, -0.05) is 11.8 Å². The monoisotopic (exact) mass is 321 g/mol. The first kappa shape index (κ1) is 17.0. The van der Waals surface area contributed by atoms with Crippen LogP contribution in [0.15, 0.2) is 11.8 Å². The Bertz CT molecular complexity index is 603. The lowest BCUT2D eigenvalue weighted by atomic mass is 9.93. The third-order valence-electron chi connectivity index (χ3n) is 3.69. The van der Waals surface area contributed by atoms with E-state index in [4.69, 9.17) is 27.4 Å². The van der Waals surface area contributed by atoms with Gasteiger partial charge in [0.05, 0.1) is 25.2 Å². The maximum atomic E-state index is 13.8. The van der Waals surface area contributed by atoms with Crippen molar-refractivity contribution in [3.63, 3.8) is 0 Å². The quantitative estimate of drug-likeness (QED) is 0.552. The van der Waals surface area contributed by atoms with Crippen molar-refractivity contribution in [3.05, 3.63) is 11.8 Å². The van der Waals surface area contributed by atoms with Gasteiger partial charge in [-0.3, -0.25) is 14.5 Å². The van der Waals surface area contributed by atoms with Crippen LogP contribution in [0.4, 0.5) is 4.39 Å². The van der Waals surface area contributed by atoms with Gasteiger partial charge in [-0.2, -0.15) is 0 Å². The van der Waals surface area contributed by atoms with Crippen LogP contribution in [-0.2, 0) is 19.1 Å². The third kappa shape index (κ3) is 3.37. The molecule has 4 unspecified atom stereocenters. The van der Waals surface area contributed by atoms with E-state index < -0.39 is 42.7 Å². The van der Waals surface area contributed by atoms with Crippen molar-refractivity contribution in [3.8, 4) is 24.7 Å². The molecule has 23 heavy (non-hydrogen) atoms. The van der Waals surface area contributed by atoms with E-state index in [9.17, 15) is 14.0 Å². The lowest BCUT2D eigenvalue weighted by Gasteiger charge is -2.30. The van der Waals surface area contributed by atoms with Crippen LogP contribution in [-0.4, -0.2) is 60.0 Å². The number of amides is 2. The zero-order chi connectivity index (χ0) is 17.0. The Morgan fingerprint density at radius 1 is 1.43 bits per heavy atom. The summed E-state index contributed by atoms with van der Waals surface area (Å²) in [5.41, 5.74) is 0. The van der Waals surface area contributed by atoms with Crippen LogP contribution in [0.25, 0.3) is 0 Å². The second kappa shape index (κ2) is 7.28. The van der Waals surface area contributed by atoms with Crippen molar-refractivity contribution in [2.45, 2.75) is 24.8 Å². The molecule has 1 saturated heterocycles. The highest BCUT2D eigenvalue weighted by atomic mass is 19.1. The Hall–Kier alpha value is -2.35. The molecule has 122 valence electrons. The number of nitrogens with zero attached hydrogens (tertiary/aromatic N) is 1. The fourth-order valence-corrected chi connectivity index (χ4v) is 2.58. The van der Waals surface area contributed by atoms with Gasteiger partial charge in [0.2, 0.25) is 5.91 Å². The van der Waals surface area contributed by atoms with Gasteiger partial charge in [-0.05, 0) is 6.08 Å². The first-order valence-corrected chi connectivity index (χ1v) is 7.01. The molecule has 0 bridgehead atoms. The average molecular weight is 321 g/mol. The molecular formula is C16H16FNO5. The molecule has 2 aliphatic heterocycles. The van der Waals surface area contributed by atoms with Gasteiger partial charge >= 0.3 is 0 Å². The summed E-state index contributed by atoms with van der Waals surface area (Å²) in [5, 5.41) is 9.06. The van der Waals surface area contributed by atoms with E-state index in [-0.39, 0.29) is 25.3 Å². The normalized spacial score (nSPS) is 30.6. The van der Waals surface area contributed by atoms with Crippen LogP contribution in [0.2, 0.25) is 0 Å². The van der Waals surface area contributed by atoms with Crippen molar-refractivity contribution < 1.29 is 28.6 Å². The van der Waals surface area contributed by atoms with Gasteiger partial charge in [-0.25, -0.2) is 4.39 Å². The van der Waals surface area contributed by atoms with E-state index in [0.29, 0.717) is 0 Å². The van der Waals surface area contributed by atoms with Gasteiger partial charge < -0.3 is 14.6 Å². The van der Waals surface area contributed by atoms with Crippen LogP contribution in [0.1, 0.15) is 6.42 Å². The first-order chi connectivity index (χ1) is 11.0. The number of aliphatic hydroxyl groups is 1. The summed E-state index contributed by atoms with van der Waals surface area (Å²) in [4.78, 5) is 25.5. The second-order valence-electron chi connectivity index (χ2n) is 5.13. The van der Waals surface area contributed by atoms with E-state index in [2.05, 4.69) is 11.8 Å². The molecule has 0 aliphatic carbocycles. The van der Waals surface area contributed by atoms with Gasteiger partial charge in [0.1, 0.15) is 18.9 Å². The third-order valence-corrected chi connectivity index (χ3v) is 3.69. The van der Waals surface area contributed by atoms with E-state index in [0.717, 1.165) is 4.90 Å². The van der Waals surface area contributed by atoms with E-state index in [1.54, 1.807) is 0 Å². The Morgan fingerprint density at radius 3 is 2.74 bits per heavy atom. The number of hydrogen-bond acceptors (Lipinski definition) is 5. The minimum absolute atomic E-state index is 0.0708. The van der Waals surface area contributed by atoms with Gasteiger partial charge in [0.15, 0.2) is 5.76 Å². The Balaban J connectivity index is 2.27. The molecule has 0 spiro atoms.